The van der Waals surface area contributed by atoms with Gasteiger partial charge in [0.25, 0.3) is 0 Å². The summed E-state index contributed by atoms with van der Waals surface area (Å²) < 4.78 is 55.8. The first-order valence-corrected chi connectivity index (χ1v) is 24.8. The number of aliphatic hydroxyl groups excluding tert-OH is 7. The van der Waals surface area contributed by atoms with Crippen LogP contribution >= 0.6 is 0 Å². The zero-order chi connectivity index (χ0) is 45.9. The third kappa shape index (κ3) is 8.09. The number of aliphatic hydroxyl groups is 7. The average molecular weight is 923 g/mol. The Morgan fingerprint density at radius 1 is 0.754 bits per heavy atom. The van der Waals surface area contributed by atoms with E-state index in [1.807, 2.05) is 0 Å². The van der Waals surface area contributed by atoms with Crippen LogP contribution in [0, 0.1) is 52.3 Å². The smallest absolute Gasteiger partial charge is 0.309 e. The Morgan fingerprint density at radius 2 is 1.48 bits per heavy atom. The molecule has 5 unspecified atom stereocenters. The molecule has 25 atom stereocenters. The molecule has 17 heteroatoms. The Balaban J connectivity index is 0.838. The van der Waals surface area contributed by atoms with Gasteiger partial charge in [0.15, 0.2) is 24.7 Å². The lowest BCUT2D eigenvalue weighted by molar-refractivity contribution is -0.380. The molecule has 0 amide bonds. The maximum absolute atomic E-state index is 12.2. The highest BCUT2D eigenvalue weighted by molar-refractivity contribution is 5.74. The molecule has 5 saturated heterocycles. The summed E-state index contributed by atoms with van der Waals surface area (Å²) in [5.74, 6) is 2.00. The molecule has 10 rings (SSSR count). The first-order valence-electron chi connectivity index (χ1n) is 24.8. The summed E-state index contributed by atoms with van der Waals surface area (Å²) in [4.78, 5) is 12.2. The molecule has 9 fully saturated rings. The summed E-state index contributed by atoms with van der Waals surface area (Å²) >= 11 is 0. The van der Waals surface area contributed by atoms with Gasteiger partial charge in [0, 0.05) is 12.3 Å². The van der Waals surface area contributed by atoms with Crippen LogP contribution in [0.25, 0.3) is 0 Å². The van der Waals surface area contributed by atoms with E-state index in [9.17, 15) is 40.5 Å². The fourth-order valence-electron chi connectivity index (χ4n) is 14.4. The molecule has 0 bridgehead atoms. The third-order valence-corrected chi connectivity index (χ3v) is 18.5. The van der Waals surface area contributed by atoms with Gasteiger partial charge in [-0.05, 0) is 112 Å². The van der Waals surface area contributed by atoms with Crippen molar-refractivity contribution in [2.24, 2.45) is 52.3 Å². The number of ether oxygens (including phenoxy) is 9. The summed E-state index contributed by atoms with van der Waals surface area (Å²) in [5, 5.41) is 76.5. The summed E-state index contributed by atoms with van der Waals surface area (Å²) in [7, 11) is 0. The van der Waals surface area contributed by atoms with Crippen LogP contribution in [0.4, 0.5) is 0 Å². The quantitative estimate of drug-likeness (QED) is 0.122. The molecule has 5 aliphatic carbocycles. The van der Waals surface area contributed by atoms with Crippen molar-refractivity contribution in [3.63, 3.8) is 0 Å². The number of fused-ring (bicyclic) bond motifs is 7. The Kier molecular flexibility index (Phi) is 12.9. The molecule has 10 aliphatic rings. The van der Waals surface area contributed by atoms with Crippen LogP contribution in [0.3, 0.4) is 0 Å². The summed E-state index contributed by atoms with van der Waals surface area (Å²) in [6.07, 6.45) is -7.67. The van der Waals surface area contributed by atoms with E-state index in [1.165, 1.54) is 12.5 Å². The monoisotopic (exact) mass is 922 g/mol. The highest BCUT2D eigenvalue weighted by Gasteiger charge is 2.69. The van der Waals surface area contributed by atoms with Crippen molar-refractivity contribution in [2.75, 3.05) is 19.8 Å². The van der Waals surface area contributed by atoms with Crippen molar-refractivity contribution < 1.29 is 83.2 Å². The summed E-state index contributed by atoms with van der Waals surface area (Å²) in [5.41, 5.74) is 1.51. The van der Waals surface area contributed by atoms with Gasteiger partial charge in [-0.3, -0.25) is 4.79 Å². The van der Waals surface area contributed by atoms with E-state index in [4.69, 9.17) is 42.6 Å². The fourth-order valence-corrected chi connectivity index (χ4v) is 14.4. The normalized spacial score (nSPS) is 55.2. The van der Waals surface area contributed by atoms with Crippen molar-refractivity contribution in [3.8, 4) is 0 Å². The van der Waals surface area contributed by atoms with Crippen LogP contribution in [0.5, 0.6) is 0 Å². The minimum Gasteiger partial charge on any atom is -0.463 e. The van der Waals surface area contributed by atoms with Crippen LogP contribution in [0.2, 0.25) is 0 Å². The fraction of sp³-hybridized carbons (Fsp3) is 0.938. The predicted octanol–water partition coefficient (Wildman–Crippen LogP) is 1.81. The third-order valence-electron chi connectivity index (χ3n) is 18.5. The second-order valence-corrected chi connectivity index (χ2v) is 22.3. The summed E-state index contributed by atoms with van der Waals surface area (Å²) in [6.45, 7) is 10.9. The van der Waals surface area contributed by atoms with Crippen LogP contribution in [0.1, 0.15) is 105 Å². The van der Waals surface area contributed by atoms with E-state index in [1.54, 1.807) is 0 Å². The van der Waals surface area contributed by atoms with Gasteiger partial charge in [0.2, 0.25) is 0 Å². The van der Waals surface area contributed by atoms with E-state index < -0.39 is 104 Å². The van der Waals surface area contributed by atoms with Crippen LogP contribution in [0.15, 0.2) is 11.6 Å². The molecule has 0 aromatic heterocycles. The molecular weight excluding hydrogens is 849 g/mol. The number of carbonyl (C=O) groups excluding carboxylic acids is 1. The molecule has 5 aliphatic heterocycles. The zero-order valence-corrected chi connectivity index (χ0v) is 38.5. The number of hydrogen-bond acceptors (Lipinski definition) is 17. The molecule has 0 radical (unpaired) electrons. The Bertz CT molecular complexity index is 1750. The molecular formula is C48H74O17. The van der Waals surface area contributed by atoms with Crippen LogP contribution in [-0.4, -0.2) is 166 Å². The largest absolute Gasteiger partial charge is 0.463 e. The number of esters is 1. The lowest BCUT2D eigenvalue weighted by atomic mass is 9.47. The van der Waals surface area contributed by atoms with Crippen molar-refractivity contribution in [1.29, 1.82) is 0 Å². The second-order valence-electron chi connectivity index (χ2n) is 22.3. The Labute approximate surface area is 381 Å². The highest BCUT2D eigenvalue weighted by atomic mass is 16.8. The first-order chi connectivity index (χ1) is 31.0. The van der Waals surface area contributed by atoms with E-state index in [0.717, 1.165) is 64.4 Å². The van der Waals surface area contributed by atoms with Crippen LogP contribution in [-0.2, 0) is 47.4 Å². The molecule has 17 nitrogen and oxygen atoms in total. The lowest BCUT2D eigenvalue weighted by Crippen LogP contribution is -2.65. The Morgan fingerprint density at radius 3 is 2.20 bits per heavy atom. The minimum atomic E-state index is -1.72. The van der Waals surface area contributed by atoms with Crippen molar-refractivity contribution >= 4 is 5.97 Å². The highest BCUT2D eigenvalue weighted by Crippen LogP contribution is 2.70. The Hall–Kier alpha value is -1.39. The minimum absolute atomic E-state index is 0.0263. The lowest BCUT2D eigenvalue weighted by Gasteiger charge is -2.58. The second kappa shape index (κ2) is 17.8. The first kappa shape index (κ1) is 47.3. The maximum Gasteiger partial charge on any atom is 0.309 e. The van der Waals surface area contributed by atoms with Crippen molar-refractivity contribution in [2.45, 2.75) is 209 Å². The van der Waals surface area contributed by atoms with E-state index in [0.29, 0.717) is 48.3 Å². The maximum atomic E-state index is 12.2. The van der Waals surface area contributed by atoms with Gasteiger partial charge in [0.05, 0.1) is 37.4 Å². The molecule has 65 heavy (non-hydrogen) atoms. The molecule has 0 aromatic carbocycles. The molecule has 0 aromatic rings. The van der Waals surface area contributed by atoms with Gasteiger partial charge in [-0.2, -0.15) is 0 Å². The molecule has 7 N–H and O–H groups in total. The molecule has 5 heterocycles. The zero-order valence-electron chi connectivity index (χ0n) is 38.5. The van der Waals surface area contributed by atoms with E-state index >= 15 is 0 Å². The van der Waals surface area contributed by atoms with Gasteiger partial charge in [-0.1, -0.05) is 39.3 Å². The van der Waals surface area contributed by atoms with Crippen molar-refractivity contribution in [3.05, 3.63) is 11.6 Å². The number of rotatable bonds is 10. The number of hydrogen-bond donors (Lipinski definition) is 7. The van der Waals surface area contributed by atoms with Gasteiger partial charge in [-0.25, -0.2) is 0 Å². The molecule has 368 valence electrons. The van der Waals surface area contributed by atoms with Gasteiger partial charge < -0.3 is 78.4 Å². The van der Waals surface area contributed by atoms with Gasteiger partial charge in [0.1, 0.15) is 67.6 Å². The topological polar surface area (TPSA) is 242 Å². The van der Waals surface area contributed by atoms with E-state index in [-0.39, 0.29) is 35.6 Å². The van der Waals surface area contributed by atoms with Gasteiger partial charge >= 0.3 is 5.97 Å². The average Bonchev–Trinajstić information content (AvgIpc) is 3.99. The standard InChI is InChI=1S/C48H74O17/c1-21-10-15-48(58-19-21)22(2)33-30(65-48)17-29-27-9-8-25-16-26(11-13-46(25,4)28(27)12-14-47(29,33)5)60-45-41(64-43-38(54)36(52)34(50)23(3)59-43)39(55)40(31(18-49)61-45)63-44-37(53)35(51)32(62-44)20-57-42(56)24-6-7-24/h8,21-24,26-41,43-45,49-55H,6-7,9-20H2,1-5H3/t21-,22+,23+,26+,27?,28?,29?,30?,31-,32+,33?,34+,35+,36-,37-,38-,39+,40-,41-,43+,44+,45-,46+,47+,48-/m1/s1. The van der Waals surface area contributed by atoms with Crippen molar-refractivity contribution in [1.82, 2.24) is 0 Å². The van der Waals surface area contributed by atoms with Gasteiger partial charge in [-0.15, -0.1) is 0 Å². The SMILES string of the molecule is C[C@@H]1CC[C@@]2(OC1)OC1CC3C4CC=C5C[C@@H](O[C@@H]6O[C@H](CO)[C@@H](O[C@@H]7O[C@@H](COC(=O)C8CC8)[C@H](O)[C@H]7O)[C@H](O)[C@H]6O[C@@H]6O[C@@H](C)[C@H](O)[C@@H](O)[C@H]6O)CC[C@]5(C)C4CC[C@]3(C)C1[C@@H]2C. The van der Waals surface area contributed by atoms with E-state index in [2.05, 4.69) is 33.8 Å². The number of carbonyl (C=O) groups is 1. The predicted molar refractivity (Wildman–Crippen MR) is 225 cm³/mol. The van der Waals surface area contributed by atoms with Crippen LogP contribution < -0.4 is 0 Å². The summed E-state index contributed by atoms with van der Waals surface area (Å²) in [6, 6.07) is 0. The molecule has 4 saturated carbocycles. The number of allylic oxidation sites excluding steroid dienone is 1. The molecule has 1 spiro atoms.